The maximum absolute atomic E-state index is 11.9. The number of ether oxygens (including phenoxy) is 1. The van der Waals surface area contributed by atoms with Crippen LogP contribution in [0.5, 0.6) is 5.75 Å². The zero-order valence-electron chi connectivity index (χ0n) is 12.8. The molecule has 3 N–H and O–H groups in total. The number of hydrazine groups is 1. The van der Waals surface area contributed by atoms with Crippen molar-refractivity contribution < 1.29 is 29.3 Å². The molecule has 1 saturated heterocycles. The number of nitrogens with zero attached hydrogens (tertiary/aromatic N) is 1. The standard InChI is InChI=1S/C13H18N2O2.C2H2O4/c1-17-12-7-5-11(6-8-12)13(16)14-15-9-3-2-4-10-15;3-1(4)2(5)6/h5-8H,2-4,9-10H2,1H3,(H,14,16);(H,3,4)(H,5,6). The Hall–Kier alpha value is -2.61. The van der Waals surface area contributed by atoms with Crippen LogP contribution in [0.15, 0.2) is 24.3 Å². The van der Waals surface area contributed by atoms with Gasteiger partial charge < -0.3 is 14.9 Å². The summed E-state index contributed by atoms with van der Waals surface area (Å²) < 4.78 is 5.06. The Bertz CT molecular complexity index is 525. The summed E-state index contributed by atoms with van der Waals surface area (Å²) in [6.07, 6.45) is 3.57. The number of carboxylic acids is 2. The molecule has 0 atom stereocenters. The monoisotopic (exact) mass is 324 g/mol. The second kappa shape index (κ2) is 9.42. The summed E-state index contributed by atoms with van der Waals surface area (Å²) in [6, 6.07) is 7.15. The number of piperidine rings is 1. The van der Waals surface area contributed by atoms with Crippen LogP contribution in [0.4, 0.5) is 0 Å². The number of amides is 1. The van der Waals surface area contributed by atoms with Gasteiger partial charge in [-0.05, 0) is 37.1 Å². The van der Waals surface area contributed by atoms with E-state index in [1.807, 2.05) is 5.01 Å². The first-order valence-electron chi connectivity index (χ1n) is 7.10. The van der Waals surface area contributed by atoms with Gasteiger partial charge in [-0.15, -0.1) is 0 Å². The molecule has 0 unspecified atom stereocenters. The molecule has 2 rings (SSSR count). The molecule has 1 heterocycles. The topological polar surface area (TPSA) is 116 Å². The zero-order valence-corrected chi connectivity index (χ0v) is 12.8. The van der Waals surface area contributed by atoms with Gasteiger partial charge in [-0.3, -0.25) is 10.2 Å². The highest BCUT2D eigenvalue weighted by atomic mass is 16.5. The molecule has 8 nitrogen and oxygen atoms in total. The van der Waals surface area contributed by atoms with Gasteiger partial charge in [0, 0.05) is 18.7 Å². The lowest BCUT2D eigenvalue weighted by Crippen LogP contribution is -2.45. The van der Waals surface area contributed by atoms with Crippen molar-refractivity contribution in [3.63, 3.8) is 0 Å². The molecule has 0 radical (unpaired) electrons. The Morgan fingerprint density at radius 2 is 1.52 bits per heavy atom. The molecule has 1 aromatic carbocycles. The van der Waals surface area contributed by atoms with E-state index in [0.717, 1.165) is 31.7 Å². The van der Waals surface area contributed by atoms with E-state index < -0.39 is 11.9 Å². The predicted octanol–water partition coefficient (Wildman–Crippen LogP) is 0.981. The summed E-state index contributed by atoms with van der Waals surface area (Å²) in [5.41, 5.74) is 3.59. The molecule has 1 amide bonds. The Morgan fingerprint density at radius 1 is 1.00 bits per heavy atom. The highest BCUT2D eigenvalue weighted by molar-refractivity contribution is 6.27. The molecule has 8 heteroatoms. The molecule has 23 heavy (non-hydrogen) atoms. The van der Waals surface area contributed by atoms with E-state index >= 15 is 0 Å². The van der Waals surface area contributed by atoms with Gasteiger partial charge in [0.05, 0.1) is 7.11 Å². The lowest BCUT2D eigenvalue weighted by molar-refractivity contribution is -0.159. The minimum atomic E-state index is -1.82. The number of carbonyl (C=O) groups excluding carboxylic acids is 1. The SMILES string of the molecule is COc1ccc(C(=O)NN2CCCCC2)cc1.O=C(O)C(=O)O. The van der Waals surface area contributed by atoms with Crippen LogP contribution in [-0.2, 0) is 9.59 Å². The quantitative estimate of drug-likeness (QED) is 0.710. The Labute approximate surface area is 133 Å². The number of hydrogen-bond donors (Lipinski definition) is 3. The maximum Gasteiger partial charge on any atom is 0.414 e. The zero-order chi connectivity index (χ0) is 17.2. The van der Waals surface area contributed by atoms with Crippen molar-refractivity contribution in [3.8, 4) is 5.75 Å². The van der Waals surface area contributed by atoms with E-state index in [9.17, 15) is 4.79 Å². The second-order valence-electron chi connectivity index (χ2n) is 4.83. The number of carbonyl (C=O) groups is 3. The third-order valence-corrected chi connectivity index (χ3v) is 3.15. The molecule has 1 aliphatic rings. The van der Waals surface area contributed by atoms with E-state index in [1.54, 1.807) is 31.4 Å². The second-order valence-corrected chi connectivity index (χ2v) is 4.83. The molecule has 1 fully saturated rings. The van der Waals surface area contributed by atoms with Gasteiger partial charge in [0.2, 0.25) is 0 Å². The van der Waals surface area contributed by atoms with Crippen molar-refractivity contribution >= 4 is 17.8 Å². The smallest absolute Gasteiger partial charge is 0.414 e. The van der Waals surface area contributed by atoms with Gasteiger partial charge in [-0.2, -0.15) is 0 Å². The predicted molar refractivity (Wildman–Crippen MR) is 81.2 cm³/mol. The lowest BCUT2D eigenvalue weighted by atomic mass is 10.1. The fourth-order valence-electron chi connectivity index (χ4n) is 1.96. The van der Waals surface area contributed by atoms with E-state index in [2.05, 4.69) is 5.43 Å². The summed E-state index contributed by atoms with van der Waals surface area (Å²) >= 11 is 0. The highest BCUT2D eigenvalue weighted by Crippen LogP contribution is 2.12. The average molecular weight is 324 g/mol. The number of rotatable bonds is 3. The summed E-state index contributed by atoms with van der Waals surface area (Å²) in [4.78, 5) is 30.1. The van der Waals surface area contributed by atoms with Crippen LogP contribution < -0.4 is 10.2 Å². The molecule has 1 aromatic rings. The first-order valence-corrected chi connectivity index (χ1v) is 7.10. The van der Waals surface area contributed by atoms with Crippen LogP contribution in [0.25, 0.3) is 0 Å². The van der Waals surface area contributed by atoms with Gasteiger partial charge in [0.25, 0.3) is 5.91 Å². The van der Waals surface area contributed by atoms with Crippen molar-refractivity contribution in [1.29, 1.82) is 0 Å². The molecular weight excluding hydrogens is 304 g/mol. The number of benzene rings is 1. The number of methoxy groups -OCH3 is 1. The van der Waals surface area contributed by atoms with Crippen LogP contribution in [0.1, 0.15) is 29.6 Å². The molecule has 0 bridgehead atoms. The lowest BCUT2D eigenvalue weighted by Gasteiger charge is -2.26. The fourth-order valence-corrected chi connectivity index (χ4v) is 1.96. The van der Waals surface area contributed by atoms with Gasteiger partial charge in [0.1, 0.15) is 5.75 Å². The molecule has 0 saturated carbocycles. The largest absolute Gasteiger partial charge is 0.497 e. The number of hydrogen-bond acceptors (Lipinski definition) is 5. The molecule has 0 aromatic heterocycles. The van der Waals surface area contributed by atoms with Crippen molar-refractivity contribution in [1.82, 2.24) is 10.4 Å². The number of aliphatic carboxylic acids is 2. The normalized spacial score (nSPS) is 14.1. The molecule has 1 aliphatic heterocycles. The highest BCUT2D eigenvalue weighted by Gasteiger charge is 2.13. The Kier molecular flexibility index (Phi) is 7.55. The number of nitrogens with one attached hydrogen (secondary N) is 1. The van der Waals surface area contributed by atoms with Gasteiger partial charge >= 0.3 is 11.9 Å². The van der Waals surface area contributed by atoms with Crippen LogP contribution >= 0.6 is 0 Å². The van der Waals surface area contributed by atoms with Crippen molar-refractivity contribution in [3.05, 3.63) is 29.8 Å². The van der Waals surface area contributed by atoms with Crippen molar-refractivity contribution in [2.75, 3.05) is 20.2 Å². The van der Waals surface area contributed by atoms with E-state index in [-0.39, 0.29) is 5.91 Å². The summed E-state index contributed by atoms with van der Waals surface area (Å²) in [5.74, 6) is -2.93. The van der Waals surface area contributed by atoms with Crippen molar-refractivity contribution in [2.24, 2.45) is 0 Å². The van der Waals surface area contributed by atoms with Crippen LogP contribution in [0.3, 0.4) is 0 Å². The van der Waals surface area contributed by atoms with Crippen LogP contribution in [0, 0.1) is 0 Å². The summed E-state index contributed by atoms with van der Waals surface area (Å²) in [6.45, 7) is 1.89. The Morgan fingerprint density at radius 3 is 1.96 bits per heavy atom. The molecule has 0 aliphatic carbocycles. The van der Waals surface area contributed by atoms with E-state index in [4.69, 9.17) is 24.5 Å². The van der Waals surface area contributed by atoms with Gasteiger partial charge in [-0.25, -0.2) is 14.6 Å². The van der Waals surface area contributed by atoms with Crippen molar-refractivity contribution in [2.45, 2.75) is 19.3 Å². The fraction of sp³-hybridized carbons (Fsp3) is 0.400. The van der Waals surface area contributed by atoms with Gasteiger partial charge in [-0.1, -0.05) is 6.42 Å². The maximum atomic E-state index is 11.9. The molecule has 126 valence electrons. The number of carboxylic acid groups (broad SMARTS) is 2. The summed E-state index contributed by atoms with van der Waals surface area (Å²) in [7, 11) is 1.61. The van der Waals surface area contributed by atoms with Crippen LogP contribution in [0.2, 0.25) is 0 Å². The van der Waals surface area contributed by atoms with E-state index in [1.165, 1.54) is 6.42 Å². The first-order chi connectivity index (χ1) is 10.9. The van der Waals surface area contributed by atoms with Gasteiger partial charge in [0.15, 0.2) is 0 Å². The van der Waals surface area contributed by atoms with Crippen LogP contribution in [-0.4, -0.2) is 53.3 Å². The third-order valence-electron chi connectivity index (χ3n) is 3.15. The molecule has 0 spiro atoms. The minimum Gasteiger partial charge on any atom is -0.497 e. The molecular formula is C15H20N2O6. The van der Waals surface area contributed by atoms with E-state index in [0.29, 0.717) is 5.56 Å². The Balaban J connectivity index is 0.000000379. The average Bonchev–Trinajstić information content (AvgIpc) is 2.56. The third kappa shape index (κ3) is 6.79. The summed E-state index contributed by atoms with van der Waals surface area (Å²) in [5, 5.41) is 16.8. The first kappa shape index (κ1) is 18.4. The minimum absolute atomic E-state index is 0.0467.